The zero-order valence-corrected chi connectivity index (χ0v) is 16.2. The van der Waals surface area contributed by atoms with E-state index < -0.39 is 6.10 Å². The predicted molar refractivity (Wildman–Crippen MR) is 109 cm³/mol. The molecule has 146 valence electrons. The highest BCUT2D eigenvalue weighted by Gasteiger charge is 2.29. The van der Waals surface area contributed by atoms with Crippen molar-refractivity contribution < 1.29 is 14.3 Å². The molecular formula is C23H26N2O3. The lowest BCUT2D eigenvalue weighted by Crippen LogP contribution is -2.38. The molecule has 2 amide bonds. The van der Waals surface area contributed by atoms with Crippen LogP contribution in [-0.4, -0.2) is 35.9 Å². The van der Waals surface area contributed by atoms with Crippen LogP contribution < -0.4 is 10.1 Å². The van der Waals surface area contributed by atoms with E-state index in [1.54, 1.807) is 24.3 Å². The van der Waals surface area contributed by atoms with Crippen LogP contribution in [0.3, 0.4) is 0 Å². The first-order valence-corrected chi connectivity index (χ1v) is 10.0. The SMILES string of the molecule is CN(C(=O)c1ccc(NC(=O)C2Cc3ccccc3O2)cc1)C1CCCCC1. The smallest absolute Gasteiger partial charge is 0.265 e. The molecule has 1 aliphatic carbocycles. The molecular weight excluding hydrogens is 352 g/mol. The van der Waals surface area contributed by atoms with Crippen molar-refractivity contribution in [3.8, 4) is 5.75 Å². The molecule has 0 radical (unpaired) electrons. The van der Waals surface area contributed by atoms with Gasteiger partial charge in [-0.3, -0.25) is 9.59 Å². The van der Waals surface area contributed by atoms with Crippen LogP contribution >= 0.6 is 0 Å². The molecule has 5 nitrogen and oxygen atoms in total. The second kappa shape index (κ2) is 8.05. The molecule has 5 heteroatoms. The van der Waals surface area contributed by atoms with Crippen molar-refractivity contribution in [2.75, 3.05) is 12.4 Å². The maximum atomic E-state index is 12.7. The highest BCUT2D eigenvalue weighted by molar-refractivity contribution is 5.97. The van der Waals surface area contributed by atoms with Crippen molar-refractivity contribution in [3.63, 3.8) is 0 Å². The minimum absolute atomic E-state index is 0.0411. The molecule has 1 aliphatic heterocycles. The quantitative estimate of drug-likeness (QED) is 0.874. The third kappa shape index (κ3) is 3.88. The summed E-state index contributed by atoms with van der Waals surface area (Å²) in [4.78, 5) is 27.1. The highest BCUT2D eigenvalue weighted by Crippen LogP contribution is 2.29. The number of carbonyl (C=O) groups is 2. The Balaban J connectivity index is 1.35. The number of carbonyl (C=O) groups excluding carboxylic acids is 2. The summed E-state index contributed by atoms with van der Waals surface area (Å²) in [5, 5.41) is 2.89. The number of nitrogens with one attached hydrogen (secondary N) is 1. The van der Waals surface area contributed by atoms with Gasteiger partial charge in [-0.1, -0.05) is 37.5 Å². The molecule has 1 saturated carbocycles. The molecule has 1 fully saturated rings. The zero-order valence-electron chi connectivity index (χ0n) is 16.2. The minimum atomic E-state index is -0.517. The van der Waals surface area contributed by atoms with Gasteiger partial charge in [0.05, 0.1) is 0 Å². The molecule has 1 unspecified atom stereocenters. The van der Waals surface area contributed by atoms with Gasteiger partial charge >= 0.3 is 0 Å². The lowest BCUT2D eigenvalue weighted by atomic mass is 9.94. The van der Waals surface area contributed by atoms with Crippen LogP contribution in [0.15, 0.2) is 48.5 Å². The maximum absolute atomic E-state index is 12.7. The standard InChI is InChI=1S/C23H26N2O3/c1-25(19-8-3-2-4-9-19)23(27)16-11-13-18(14-12-16)24-22(26)21-15-17-7-5-6-10-20(17)28-21/h5-7,10-14,19,21H,2-4,8-9,15H2,1H3,(H,24,26). The van der Waals surface area contributed by atoms with E-state index in [2.05, 4.69) is 5.32 Å². The molecule has 1 heterocycles. The van der Waals surface area contributed by atoms with Crippen molar-refractivity contribution in [1.82, 2.24) is 4.90 Å². The average Bonchev–Trinajstić information content (AvgIpc) is 3.18. The molecule has 2 aliphatic rings. The Kier molecular flexibility index (Phi) is 5.33. The first-order valence-electron chi connectivity index (χ1n) is 10.0. The topological polar surface area (TPSA) is 58.6 Å². The van der Waals surface area contributed by atoms with Crippen LogP contribution in [-0.2, 0) is 11.2 Å². The van der Waals surface area contributed by atoms with Crippen LogP contribution in [0.1, 0.15) is 48.0 Å². The van der Waals surface area contributed by atoms with Crippen molar-refractivity contribution in [3.05, 3.63) is 59.7 Å². The molecule has 1 atom stereocenters. The molecule has 28 heavy (non-hydrogen) atoms. The van der Waals surface area contributed by atoms with E-state index in [4.69, 9.17) is 4.74 Å². The van der Waals surface area contributed by atoms with E-state index in [-0.39, 0.29) is 11.8 Å². The van der Waals surface area contributed by atoms with E-state index in [0.717, 1.165) is 24.2 Å². The van der Waals surface area contributed by atoms with Crippen LogP contribution in [0.4, 0.5) is 5.69 Å². The first-order chi connectivity index (χ1) is 13.6. The Bertz CT molecular complexity index is 831. The summed E-state index contributed by atoms with van der Waals surface area (Å²) < 4.78 is 5.73. The predicted octanol–water partition coefficient (Wildman–Crippen LogP) is 4.03. The van der Waals surface area contributed by atoms with Gasteiger partial charge in [0.15, 0.2) is 6.10 Å². The lowest BCUT2D eigenvalue weighted by Gasteiger charge is -2.31. The Morgan fingerprint density at radius 3 is 2.43 bits per heavy atom. The van der Waals surface area contributed by atoms with E-state index in [1.165, 1.54) is 19.3 Å². The summed E-state index contributed by atoms with van der Waals surface area (Å²) in [5.74, 6) is 0.642. The van der Waals surface area contributed by atoms with Crippen LogP contribution in [0.5, 0.6) is 5.75 Å². The summed E-state index contributed by atoms with van der Waals surface area (Å²) in [5.41, 5.74) is 2.37. The van der Waals surface area contributed by atoms with Crippen LogP contribution in [0, 0.1) is 0 Å². The molecule has 2 aromatic carbocycles. The summed E-state index contributed by atoms with van der Waals surface area (Å²) in [7, 11) is 1.89. The molecule has 0 bridgehead atoms. The second-order valence-electron chi connectivity index (χ2n) is 7.69. The number of fused-ring (bicyclic) bond motifs is 1. The molecule has 4 rings (SSSR count). The summed E-state index contributed by atoms with van der Waals surface area (Å²) in [6.45, 7) is 0. The van der Waals surface area contributed by atoms with Gasteiger partial charge in [-0.25, -0.2) is 0 Å². The molecule has 0 spiro atoms. The molecule has 0 saturated heterocycles. The van der Waals surface area contributed by atoms with Gasteiger partial charge < -0.3 is 15.0 Å². The van der Waals surface area contributed by atoms with Crippen LogP contribution in [0.2, 0.25) is 0 Å². The molecule has 2 aromatic rings. The highest BCUT2D eigenvalue weighted by atomic mass is 16.5. The maximum Gasteiger partial charge on any atom is 0.265 e. The Morgan fingerprint density at radius 1 is 1.00 bits per heavy atom. The number of hydrogen-bond acceptors (Lipinski definition) is 3. The fraction of sp³-hybridized carbons (Fsp3) is 0.391. The van der Waals surface area contributed by atoms with Gasteiger partial charge in [0.25, 0.3) is 11.8 Å². The number of para-hydroxylation sites is 1. The molecule has 0 aromatic heterocycles. The van der Waals surface area contributed by atoms with E-state index in [9.17, 15) is 9.59 Å². The average molecular weight is 378 g/mol. The van der Waals surface area contributed by atoms with Gasteiger partial charge in [0.2, 0.25) is 0 Å². The number of benzene rings is 2. The fourth-order valence-corrected chi connectivity index (χ4v) is 4.09. The number of rotatable bonds is 4. The van der Waals surface area contributed by atoms with Gasteiger partial charge in [0.1, 0.15) is 5.75 Å². The normalized spacial score (nSPS) is 18.8. The summed E-state index contributed by atoms with van der Waals surface area (Å²) in [6, 6.07) is 15.2. The Hall–Kier alpha value is -2.82. The number of anilines is 1. The van der Waals surface area contributed by atoms with Gasteiger partial charge in [-0.2, -0.15) is 0 Å². The number of nitrogens with zero attached hydrogens (tertiary/aromatic N) is 1. The number of ether oxygens (including phenoxy) is 1. The first kappa shape index (κ1) is 18.5. The van der Waals surface area contributed by atoms with Crippen molar-refractivity contribution >= 4 is 17.5 Å². The third-order valence-electron chi connectivity index (χ3n) is 5.78. The van der Waals surface area contributed by atoms with Gasteiger partial charge in [-0.15, -0.1) is 0 Å². The summed E-state index contributed by atoms with van der Waals surface area (Å²) in [6.07, 6.45) is 5.88. The summed E-state index contributed by atoms with van der Waals surface area (Å²) >= 11 is 0. The van der Waals surface area contributed by atoms with Crippen LogP contribution in [0.25, 0.3) is 0 Å². The Labute approximate surface area is 165 Å². The monoisotopic (exact) mass is 378 g/mol. The fourth-order valence-electron chi connectivity index (χ4n) is 4.09. The number of hydrogen-bond donors (Lipinski definition) is 1. The van der Waals surface area contributed by atoms with Crippen molar-refractivity contribution in [2.45, 2.75) is 50.7 Å². The van der Waals surface area contributed by atoms with E-state index >= 15 is 0 Å². The minimum Gasteiger partial charge on any atom is -0.480 e. The van der Waals surface area contributed by atoms with E-state index in [1.807, 2.05) is 36.2 Å². The molecule has 1 N–H and O–H groups in total. The third-order valence-corrected chi connectivity index (χ3v) is 5.78. The lowest BCUT2D eigenvalue weighted by molar-refractivity contribution is -0.122. The van der Waals surface area contributed by atoms with E-state index in [0.29, 0.717) is 23.7 Å². The van der Waals surface area contributed by atoms with Crippen molar-refractivity contribution in [2.24, 2.45) is 0 Å². The number of amides is 2. The van der Waals surface area contributed by atoms with Gasteiger partial charge in [0, 0.05) is 30.8 Å². The largest absolute Gasteiger partial charge is 0.480 e. The Morgan fingerprint density at radius 2 is 1.71 bits per heavy atom. The second-order valence-corrected chi connectivity index (χ2v) is 7.69. The van der Waals surface area contributed by atoms with Crippen molar-refractivity contribution in [1.29, 1.82) is 0 Å². The van der Waals surface area contributed by atoms with Gasteiger partial charge in [-0.05, 0) is 48.7 Å². The zero-order chi connectivity index (χ0) is 19.5.